The van der Waals surface area contributed by atoms with E-state index < -0.39 is 0 Å². The molecule has 0 radical (unpaired) electrons. The second-order valence-corrected chi connectivity index (χ2v) is 4.62. The second-order valence-electron chi connectivity index (χ2n) is 4.62. The highest BCUT2D eigenvalue weighted by molar-refractivity contribution is 5.74. The number of nitrogens with one attached hydrogen (secondary N) is 1. The maximum Gasteiger partial charge on any atom is 0.325 e. The monoisotopic (exact) mass is 235 g/mol. The van der Waals surface area contributed by atoms with Crippen LogP contribution in [-0.4, -0.2) is 19.1 Å². The van der Waals surface area contributed by atoms with Gasteiger partial charge in [-0.15, -0.1) is 0 Å². The van der Waals surface area contributed by atoms with Gasteiger partial charge in [0.15, 0.2) is 0 Å². The highest BCUT2D eigenvalue weighted by Crippen LogP contribution is 2.08. The fourth-order valence-corrected chi connectivity index (χ4v) is 1.31. The molecule has 94 valence electrons. The van der Waals surface area contributed by atoms with E-state index in [2.05, 4.69) is 19.2 Å². The van der Waals surface area contributed by atoms with E-state index in [0.717, 1.165) is 12.1 Å². The van der Waals surface area contributed by atoms with Crippen molar-refractivity contribution in [3.63, 3.8) is 0 Å². The van der Waals surface area contributed by atoms with Crippen LogP contribution in [0.5, 0.6) is 0 Å². The van der Waals surface area contributed by atoms with Crippen LogP contribution in [0.2, 0.25) is 0 Å². The van der Waals surface area contributed by atoms with Crippen molar-refractivity contribution in [1.29, 1.82) is 0 Å². The lowest BCUT2D eigenvalue weighted by molar-refractivity contribution is -0.141. The minimum absolute atomic E-state index is 0.203. The van der Waals surface area contributed by atoms with Crippen molar-refractivity contribution in [3.8, 4) is 0 Å². The van der Waals surface area contributed by atoms with Crippen LogP contribution in [0.25, 0.3) is 0 Å². The van der Waals surface area contributed by atoms with Gasteiger partial charge in [-0.3, -0.25) is 4.79 Å². The zero-order valence-electron chi connectivity index (χ0n) is 10.8. The SMILES string of the molecule is Cc1ccc(NCC(=O)OCCC(C)C)cc1. The molecule has 3 heteroatoms. The molecule has 0 unspecified atom stereocenters. The molecule has 0 aromatic heterocycles. The van der Waals surface area contributed by atoms with Crippen molar-refractivity contribution in [3.05, 3.63) is 29.8 Å². The molecule has 0 spiro atoms. The molecule has 0 fully saturated rings. The number of rotatable bonds is 6. The lowest BCUT2D eigenvalue weighted by atomic mass is 10.1. The van der Waals surface area contributed by atoms with Gasteiger partial charge in [-0.1, -0.05) is 31.5 Å². The predicted octanol–water partition coefficient (Wildman–Crippen LogP) is 3.00. The normalized spacial score (nSPS) is 10.4. The Kier molecular flexibility index (Phi) is 5.53. The molecule has 3 nitrogen and oxygen atoms in total. The van der Waals surface area contributed by atoms with Gasteiger partial charge in [0.25, 0.3) is 0 Å². The van der Waals surface area contributed by atoms with Gasteiger partial charge in [-0.05, 0) is 31.4 Å². The van der Waals surface area contributed by atoms with E-state index in [0.29, 0.717) is 12.5 Å². The molecule has 0 saturated heterocycles. The summed E-state index contributed by atoms with van der Waals surface area (Å²) in [5.41, 5.74) is 2.14. The van der Waals surface area contributed by atoms with Crippen LogP contribution in [0.4, 0.5) is 5.69 Å². The third-order valence-electron chi connectivity index (χ3n) is 2.45. The third kappa shape index (κ3) is 5.95. The second kappa shape index (κ2) is 6.94. The molecule has 0 aliphatic heterocycles. The lowest BCUT2D eigenvalue weighted by Gasteiger charge is -2.08. The molecule has 0 atom stereocenters. The molecule has 0 saturated carbocycles. The summed E-state index contributed by atoms with van der Waals surface area (Å²) >= 11 is 0. The molecular formula is C14H21NO2. The summed E-state index contributed by atoms with van der Waals surface area (Å²) in [5.74, 6) is 0.360. The smallest absolute Gasteiger partial charge is 0.325 e. The highest BCUT2D eigenvalue weighted by Gasteiger charge is 2.03. The summed E-state index contributed by atoms with van der Waals surface area (Å²) in [6, 6.07) is 7.92. The summed E-state index contributed by atoms with van der Waals surface area (Å²) < 4.78 is 5.10. The van der Waals surface area contributed by atoms with Gasteiger partial charge in [0.1, 0.15) is 6.54 Å². The molecule has 0 heterocycles. The summed E-state index contributed by atoms with van der Waals surface area (Å²) in [5, 5.41) is 3.04. The summed E-state index contributed by atoms with van der Waals surface area (Å²) in [7, 11) is 0. The predicted molar refractivity (Wildman–Crippen MR) is 70.1 cm³/mol. The third-order valence-corrected chi connectivity index (χ3v) is 2.45. The Morgan fingerprint density at radius 3 is 2.53 bits per heavy atom. The molecule has 17 heavy (non-hydrogen) atoms. The van der Waals surface area contributed by atoms with Gasteiger partial charge in [0, 0.05) is 5.69 Å². The number of ether oxygens (including phenoxy) is 1. The Labute approximate surface area is 103 Å². The van der Waals surface area contributed by atoms with E-state index in [1.807, 2.05) is 31.2 Å². The van der Waals surface area contributed by atoms with Crippen LogP contribution < -0.4 is 5.32 Å². The number of aryl methyl sites for hydroxylation is 1. The molecule has 1 N–H and O–H groups in total. The Morgan fingerprint density at radius 2 is 1.94 bits per heavy atom. The van der Waals surface area contributed by atoms with Crippen LogP contribution in [0.15, 0.2) is 24.3 Å². The van der Waals surface area contributed by atoms with Gasteiger partial charge in [-0.25, -0.2) is 0 Å². The fraction of sp³-hybridized carbons (Fsp3) is 0.500. The first kappa shape index (κ1) is 13.6. The highest BCUT2D eigenvalue weighted by atomic mass is 16.5. The molecule has 1 rings (SSSR count). The zero-order chi connectivity index (χ0) is 12.7. The van der Waals surface area contributed by atoms with Crippen LogP contribution >= 0.6 is 0 Å². The van der Waals surface area contributed by atoms with Crippen LogP contribution in [-0.2, 0) is 9.53 Å². The quantitative estimate of drug-likeness (QED) is 0.770. The number of anilines is 1. The molecular weight excluding hydrogens is 214 g/mol. The van der Waals surface area contributed by atoms with Crippen molar-refractivity contribution in [1.82, 2.24) is 0 Å². The Morgan fingerprint density at radius 1 is 1.29 bits per heavy atom. The van der Waals surface area contributed by atoms with Gasteiger partial charge < -0.3 is 10.1 Å². The molecule has 1 aromatic carbocycles. The lowest BCUT2D eigenvalue weighted by Crippen LogP contribution is -2.17. The van der Waals surface area contributed by atoms with E-state index in [9.17, 15) is 4.79 Å². The minimum atomic E-state index is -0.203. The van der Waals surface area contributed by atoms with Gasteiger partial charge >= 0.3 is 5.97 Å². The van der Waals surface area contributed by atoms with Crippen LogP contribution in [0, 0.1) is 12.8 Å². The minimum Gasteiger partial charge on any atom is -0.464 e. The average molecular weight is 235 g/mol. The number of esters is 1. The maximum absolute atomic E-state index is 11.4. The summed E-state index contributed by atoms with van der Waals surface area (Å²) in [6.45, 7) is 6.98. The number of hydrogen-bond donors (Lipinski definition) is 1. The van der Waals surface area contributed by atoms with E-state index in [1.54, 1.807) is 0 Å². The van der Waals surface area contributed by atoms with Crippen molar-refractivity contribution in [2.45, 2.75) is 27.2 Å². The Balaban J connectivity index is 2.21. The summed E-state index contributed by atoms with van der Waals surface area (Å²) in [6.07, 6.45) is 0.913. The molecule has 0 aliphatic carbocycles. The Hall–Kier alpha value is -1.51. The van der Waals surface area contributed by atoms with E-state index in [1.165, 1.54) is 5.56 Å². The Bertz CT molecular complexity index is 344. The van der Waals surface area contributed by atoms with E-state index in [-0.39, 0.29) is 12.5 Å². The van der Waals surface area contributed by atoms with E-state index >= 15 is 0 Å². The number of carbonyl (C=O) groups is 1. The van der Waals surface area contributed by atoms with Crippen molar-refractivity contribution < 1.29 is 9.53 Å². The number of carbonyl (C=O) groups excluding carboxylic acids is 1. The van der Waals surface area contributed by atoms with Crippen molar-refractivity contribution in [2.75, 3.05) is 18.5 Å². The standard InChI is InChI=1S/C14H21NO2/c1-11(2)8-9-17-14(16)10-15-13-6-4-12(3)5-7-13/h4-7,11,15H,8-10H2,1-3H3. The molecule has 0 bridgehead atoms. The average Bonchev–Trinajstić information content (AvgIpc) is 2.28. The zero-order valence-corrected chi connectivity index (χ0v) is 10.8. The van der Waals surface area contributed by atoms with Gasteiger partial charge in [-0.2, -0.15) is 0 Å². The van der Waals surface area contributed by atoms with Crippen molar-refractivity contribution in [2.24, 2.45) is 5.92 Å². The van der Waals surface area contributed by atoms with Gasteiger partial charge in [0.05, 0.1) is 6.61 Å². The first-order valence-corrected chi connectivity index (χ1v) is 6.04. The van der Waals surface area contributed by atoms with Crippen LogP contribution in [0.1, 0.15) is 25.8 Å². The first-order valence-electron chi connectivity index (χ1n) is 6.04. The number of benzene rings is 1. The molecule has 0 amide bonds. The number of hydrogen-bond acceptors (Lipinski definition) is 3. The summed E-state index contributed by atoms with van der Waals surface area (Å²) in [4.78, 5) is 11.4. The largest absolute Gasteiger partial charge is 0.464 e. The van der Waals surface area contributed by atoms with E-state index in [4.69, 9.17) is 4.74 Å². The van der Waals surface area contributed by atoms with Crippen molar-refractivity contribution >= 4 is 11.7 Å². The molecule has 0 aliphatic rings. The topological polar surface area (TPSA) is 38.3 Å². The van der Waals surface area contributed by atoms with Gasteiger partial charge in [0.2, 0.25) is 0 Å². The first-order chi connectivity index (χ1) is 8.08. The molecule has 1 aromatic rings. The maximum atomic E-state index is 11.4. The fourth-order valence-electron chi connectivity index (χ4n) is 1.31. The van der Waals surface area contributed by atoms with Crippen LogP contribution in [0.3, 0.4) is 0 Å².